The summed E-state index contributed by atoms with van der Waals surface area (Å²) in [4.78, 5) is 27.6. The van der Waals surface area contributed by atoms with Crippen LogP contribution in [0, 0.1) is 12.8 Å². The van der Waals surface area contributed by atoms with Crippen molar-refractivity contribution in [1.29, 1.82) is 0 Å². The van der Waals surface area contributed by atoms with Crippen LogP contribution in [0.3, 0.4) is 0 Å². The number of esters is 1. The number of hydrogen-bond donors (Lipinski definition) is 1. The summed E-state index contributed by atoms with van der Waals surface area (Å²) in [6.45, 7) is 4.35. The number of imidazole rings is 1. The number of rotatable bonds is 7. The van der Waals surface area contributed by atoms with Crippen LogP contribution in [0.4, 0.5) is 0 Å². The summed E-state index contributed by atoms with van der Waals surface area (Å²) in [5.41, 5.74) is 0. The zero-order chi connectivity index (χ0) is 19.3. The molecule has 1 amide bonds. The average molecular weight is 386 g/mol. The highest BCUT2D eigenvalue weighted by molar-refractivity contribution is 7.89. The van der Waals surface area contributed by atoms with Crippen molar-refractivity contribution in [3.8, 4) is 0 Å². The summed E-state index contributed by atoms with van der Waals surface area (Å²) in [6, 6.07) is 0. The molecular formula is C16H26N4O5S. The Morgan fingerprint density at radius 1 is 1.35 bits per heavy atom. The minimum Gasteiger partial charge on any atom is -0.455 e. The van der Waals surface area contributed by atoms with Crippen molar-refractivity contribution in [3.63, 3.8) is 0 Å². The van der Waals surface area contributed by atoms with Crippen LogP contribution < -0.4 is 5.32 Å². The van der Waals surface area contributed by atoms with Gasteiger partial charge in [0.2, 0.25) is 0 Å². The molecule has 2 rings (SSSR count). The van der Waals surface area contributed by atoms with Crippen LogP contribution in [-0.2, 0) is 31.4 Å². The zero-order valence-electron chi connectivity index (χ0n) is 15.4. The van der Waals surface area contributed by atoms with E-state index < -0.39 is 21.9 Å². The normalized spacial score (nSPS) is 16.4. The van der Waals surface area contributed by atoms with Gasteiger partial charge in [-0.1, -0.05) is 6.92 Å². The van der Waals surface area contributed by atoms with Crippen LogP contribution >= 0.6 is 0 Å². The highest BCUT2D eigenvalue weighted by atomic mass is 32.2. The average Bonchev–Trinajstić information content (AvgIpc) is 2.97. The molecule has 146 valence electrons. The fraction of sp³-hybridized carbons (Fsp3) is 0.688. The second kappa shape index (κ2) is 8.63. The molecule has 0 aliphatic carbocycles. The van der Waals surface area contributed by atoms with E-state index in [1.165, 1.54) is 10.5 Å². The molecule has 0 bridgehead atoms. The number of nitrogens with zero attached hydrogens (tertiary/aromatic N) is 3. The van der Waals surface area contributed by atoms with Gasteiger partial charge >= 0.3 is 5.97 Å². The fourth-order valence-corrected chi connectivity index (χ4v) is 4.18. The molecule has 9 nitrogen and oxygen atoms in total. The van der Waals surface area contributed by atoms with Crippen LogP contribution in [0.25, 0.3) is 0 Å². The van der Waals surface area contributed by atoms with Crippen LogP contribution in [0.2, 0.25) is 0 Å². The number of aromatic nitrogens is 2. The molecule has 1 saturated heterocycles. The van der Waals surface area contributed by atoms with Crippen LogP contribution in [-0.4, -0.2) is 60.4 Å². The minimum atomic E-state index is -3.66. The fourth-order valence-electron chi connectivity index (χ4n) is 2.68. The molecular weight excluding hydrogens is 360 g/mol. The molecule has 1 aliphatic heterocycles. The van der Waals surface area contributed by atoms with Crippen LogP contribution in [0.1, 0.15) is 32.0 Å². The molecule has 0 saturated carbocycles. The van der Waals surface area contributed by atoms with E-state index in [9.17, 15) is 18.0 Å². The third-order valence-corrected chi connectivity index (χ3v) is 6.17. The molecule has 0 atom stereocenters. The molecule has 0 aromatic carbocycles. The predicted octanol–water partition coefficient (Wildman–Crippen LogP) is 0.199. The van der Waals surface area contributed by atoms with E-state index in [0.29, 0.717) is 25.2 Å². The summed E-state index contributed by atoms with van der Waals surface area (Å²) in [5, 5.41) is 2.65. The summed E-state index contributed by atoms with van der Waals surface area (Å²) in [7, 11) is -1.93. The molecule has 1 aromatic heterocycles. The maximum Gasteiger partial charge on any atom is 0.309 e. The molecule has 1 N–H and O–H groups in total. The van der Waals surface area contributed by atoms with Gasteiger partial charge < -0.3 is 14.6 Å². The largest absolute Gasteiger partial charge is 0.455 e. The zero-order valence-corrected chi connectivity index (χ0v) is 16.2. The molecule has 1 aliphatic rings. The first-order valence-corrected chi connectivity index (χ1v) is 10.1. The number of hydrogen-bond acceptors (Lipinski definition) is 6. The Kier molecular flexibility index (Phi) is 6.76. The van der Waals surface area contributed by atoms with Crippen molar-refractivity contribution in [2.75, 3.05) is 26.2 Å². The van der Waals surface area contributed by atoms with E-state index >= 15 is 0 Å². The van der Waals surface area contributed by atoms with E-state index in [4.69, 9.17) is 4.74 Å². The van der Waals surface area contributed by atoms with Crippen molar-refractivity contribution >= 4 is 21.9 Å². The van der Waals surface area contributed by atoms with Crippen LogP contribution in [0.15, 0.2) is 11.2 Å². The number of piperidine rings is 1. The van der Waals surface area contributed by atoms with Crippen molar-refractivity contribution in [1.82, 2.24) is 19.2 Å². The van der Waals surface area contributed by atoms with Gasteiger partial charge in [0.25, 0.3) is 15.9 Å². The van der Waals surface area contributed by atoms with E-state index in [1.807, 2.05) is 6.92 Å². The quantitative estimate of drug-likeness (QED) is 0.670. The number of carbonyl (C=O) groups is 2. The van der Waals surface area contributed by atoms with Crippen molar-refractivity contribution in [3.05, 3.63) is 12.0 Å². The van der Waals surface area contributed by atoms with Gasteiger partial charge in [-0.3, -0.25) is 9.59 Å². The first-order chi connectivity index (χ1) is 12.3. The lowest BCUT2D eigenvalue weighted by Gasteiger charge is -2.29. The van der Waals surface area contributed by atoms with E-state index in [0.717, 1.165) is 6.42 Å². The molecule has 0 radical (unpaired) electrons. The highest BCUT2D eigenvalue weighted by Gasteiger charge is 2.34. The van der Waals surface area contributed by atoms with Crippen molar-refractivity contribution in [2.45, 2.75) is 38.1 Å². The van der Waals surface area contributed by atoms with Crippen molar-refractivity contribution < 1.29 is 22.7 Å². The Bertz CT molecular complexity index is 731. The monoisotopic (exact) mass is 386 g/mol. The Hall–Kier alpha value is -1.94. The molecule has 1 fully saturated rings. The van der Waals surface area contributed by atoms with Gasteiger partial charge in [0.05, 0.1) is 5.92 Å². The summed E-state index contributed by atoms with van der Waals surface area (Å²) in [5.74, 6) is -0.567. The number of aryl methyl sites for hydroxylation is 2. The number of ether oxygens (including phenoxy) is 1. The smallest absolute Gasteiger partial charge is 0.309 e. The number of carbonyl (C=O) groups excluding carboxylic acids is 2. The van der Waals surface area contributed by atoms with Gasteiger partial charge in [0.1, 0.15) is 5.82 Å². The van der Waals surface area contributed by atoms with Gasteiger partial charge in [-0.2, -0.15) is 4.31 Å². The first kappa shape index (κ1) is 20.4. The maximum atomic E-state index is 12.6. The number of sulfonamides is 1. The Morgan fingerprint density at radius 3 is 2.54 bits per heavy atom. The topological polar surface area (TPSA) is 111 Å². The lowest BCUT2D eigenvalue weighted by Crippen LogP contribution is -2.41. The van der Waals surface area contributed by atoms with Gasteiger partial charge in [0.15, 0.2) is 11.6 Å². The van der Waals surface area contributed by atoms with Gasteiger partial charge in [-0.05, 0) is 26.2 Å². The number of nitrogens with one attached hydrogen (secondary N) is 1. The van der Waals surface area contributed by atoms with E-state index in [2.05, 4.69) is 10.3 Å². The van der Waals surface area contributed by atoms with Gasteiger partial charge in [-0.25, -0.2) is 13.4 Å². The molecule has 26 heavy (non-hydrogen) atoms. The summed E-state index contributed by atoms with van der Waals surface area (Å²) in [6.07, 6.45) is 3.02. The Morgan fingerprint density at radius 2 is 2.00 bits per heavy atom. The first-order valence-electron chi connectivity index (χ1n) is 8.69. The molecule has 0 spiro atoms. The minimum absolute atomic E-state index is 0.0196. The SMILES string of the molecule is CCCNC(=O)COC(=O)C1CCN(S(=O)(=O)c2cn(C)c(C)n2)CC1. The lowest BCUT2D eigenvalue weighted by atomic mass is 9.98. The lowest BCUT2D eigenvalue weighted by molar-refractivity contribution is -0.153. The Balaban J connectivity index is 1.86. The Labute approximate surface area is 153 Å². The molecule has 1 aromatic rings. The highest BCUT2D eigenvalue weighted by Crippen LogP contribution is 2.24. The summed E-state index contributed by atoms with van der Waals surface area (Å²) < 4.78 is 33.3. The van der Waals surface area contributed by atoms with Gasteiger partial charge in [-0.15, -0.1) is 0 Å². The van der Waals surface area contributed by atoms with E-state index in [1.54, 1.807) is 18.5 Å². The number of amides is 1. The second-order valence-electron chi connectivity index (χ2n) is 6.37. The summed E-state index contributed by atoms with van der Waals surface area (Å²) >= 11 is 0. The third-order valence-electron chi connectivity index (χ3n) is 4.40. The predicted molar refractivity (Wildman–Crippen MR) is 93.7 cm³/mol. The third kappa shape index (κ3) is 4.82. The van der Waals surface area contributed by atoms with Crippen molar-refractivity contribution in [2.24, 2.45) is 13.0 Å². The maximum absolute atomic E-state index is 12.6. The molecule has 0 unspecified atom stereocenters. The van der Waals surface area contributed by atoms with Crippen LogP contribution in [0.5, 0.6) is 0 Å². The molecule has 2 heterocycles. The van der Waals surface area contributed by atoms with Gasteiger partial charge in [0, 0.05) is 32.9 Å². The standard InChI is InChI=1S/C16H26N4O5S/c1-4-7-17-14(21)11-25-16(22)13-5-8-20(9-6-13)26(23,24)15-10-19(3)12(2)18-15/h10,13H,4-9,11H2,1-3H3,(H,17,21). The van der Waals surface area contributed by atoms with E-state index in [-0.39, 0.29) is 30.6 Å². The second-order valence-corrected chi connectivity index (χ2v) is 8.26. The molecule has 10 heteroatoms.